The maximum atomic E-state index is 13.1. The molecule has 1 aliphatic heterocycles. The fourth-order valence-electron chi connectivity index (χ4n) is 1.05. The molecule has 0 aromatic rings. The summed E-state index contributed by atoms with van der Waals surface area (Å²) in [6.07, 6.45) is 2.18. The van der Waals surface area contributed by atoms with Crippen LogP contribution in [0.15, 0.2) is 24.0 Å². The van der Waals surface area contributed by atoms with Crippen LogP contribution in [0, 0.1) is 0 Å². The second kappa shape index (κ2) is 3.77. The summed E-state index contributed by atoms with van der Waals surface area (Å²) in [7, 11) is 1.86. The van der Waals surface area contributed by atoms with Crippen LogP contribution in [0.3, 0.4) is 0 Å². The molecule has 1 heterocycles. The lowest BCUT2D eigenvalue weighted by atomic mass is 10.2. The fraction of sp³-hybridized carbons (Fsp3) is 0.556. The molecule has 4 heteroatoms. The molecule has 0 saturated carbocycles. The van der Waals surface area contributed by atoms with Gasteiger partial charge in [0.15, 0.2) is 0 Å². The van der Waals surface area contributed by atoms with Gasteiger partial charge < -0.3 is 4.74 Å². The molecule has 0 aliphatic carbocycles. The molecule has 0 spiro atoms. The SMILES string of the molecule is C=C1OC(F)(P)OC1CC=C(C)C. The van der Waals surface area contributed by atoms with Gasteiger partial charge in [-0.25, -0.2) is 0 Å². The Kier molecular flexibility index (Phi) is 3.09. The van der Waals surface area contributed by atoms with Crippen molar-refractivity contribution in [3.05, 3.63) is 24.0 Å². The first-order chi connectivity index (χ1) is 5.91. The highest BCUT2D eigenvalue weighted by Gasteiger charge is 2.40. The molecule has 1 saturated heterocycles. The van der Waals surface area contributed by atoms with Crippen molar-refractivity contribution in [2.24, 2.45) is 0 Å². The van der Waals surface area contributed by atoms with Gasteiger partial charge in [0.05, 0.1) is 0 Å². The second-order valence-corrected chi connectivity index (χ2v) is 3.96. The van der Waals surface area contributed by atoms with Crippen molar-refractivity contribution in [3.8, 4) is 0 Å². The van der Waals surface area contributed by atoms with Crippen LogP contribution in [0.4, 0.5) is 4.39 Å². The Hall–Kier alpha value is -0.400. The van der Waals surface area contributed by atoms with E-state index in [1.807, 2.05) is 29.2 Å². The summed E-state index contributed by atoms with van der Waals surface area (Å²) in [5.74, 6) is -1.74. The molecular weight excluding hydrogens is 190 g/mol. The van der Waals surface area contributed by atoms with Crippen molar-refractivity contribution in [2.75, 3.05) is 0 Å². The largest absolute Gasteiger partial charge is 0.435 e. The predicted molar refractivity (Wildman–Crippen MR) is 52.7 cm³/mol. The van der Waals surface area contributed by atoms with Crippen LogP contribution in [0.5, 0.6) is 0 Å². The Morgan fingerprint density at radius 2 is 2.38 bits per heavy atom. The van der Waals surface area contributed by atoms with E-state index in [9.17, 15) is 4.39 Å². The second-order valence-electron chi connectivity index (χ2n) is 3.27. The summed E-state index contributed by atoms with van der Waals surface area (Å²) in [4.78, 5) is 0. The maximum Gasteiger partial charge on any atom is 0.374 e. The normalized spacial score (nSPS) is 32.9. The Labute approximate surface area is 80.0 Å². The zero-order valence-electron chi connectivity index (χ0n) is 7.84. The summed E-state index contributed by atoms with van der Waals surface area (Å²) < 4.78 is 22.8. The number of hydrogen-bond acceptors (Lipinski definition) is 2. The summed E-state index contributed by atoms with van der Waals surface area (Å²) in [5, 5.41) is 0. The number of rotatable bonds is 2. The van der Waals surface area contributed by atoms with Gasteiger partial charge in [0.25, 0.3) is 0 Å². The van der Waals surface area contributed by atoms with E-state index in [2.05, 4.69) is 6.58 Å². The van der Waals surface area contributed by atoms with E-state index < -0.39 is 5.78 Å². The minimum atomic E-state index is -2.09. The van der Waals surface area contributed by atoms with Crippen molar-refractivity contribution < 1.29 is 13.9 Å². The first-order valence-corrected chi connectivity index (χ1v) is 4.65. The van der Waals surface area contributed by atoms with Crippen LogP contribution in [0.25, 0.3) is 0 Å². The average molecular weight is 204 g/mol. The van der Waals surface area contributed by atoms with Crippen LogP contribution in [-0.4, -0.2) is 11.9 Å². The lowest BCUT2D eigenvalue weighted by Gasteiger charge is -2.10. The summed E-state index contributed by atoms with van der Waals surface area (Å²) >= 11 is 0. The number of hydrogen-bond donors (Lipinski definition) is 0. The minimum Gasteiger partial charge on any atom is -0.435 e. The molecule has 3 atom stereocenters. The zero-order chi connectivity index (χ0) is 10.1. The van der Waals surface area contributed by atoms with Crippen LogP contribution in [0.2, 0.25) is 0 Å². The predicted octanol–water partition coefficient (Wildman–Crippen LogP) is 2.73. The van der Waals surface area contributed by atoms with E-state index in [-0.39, 0.29) is 6.10 Å². The average Bonchev–Trinajstić information content (AvgIpc) is 2.20. The first-order valence-electron chi connectivity index (χ1n) is 4.07. The molecule has 3 unspecified atom stereocenters. The van der Waals surface area contributed by atoms with Crippen molar-refractivity contribution in [3.63, 3.8) is 0 Å². The van der Waals surface area contributed by atoms with E-state index in [1.54, 1.807) is 0 Å². The number of ether oxygens (including phenoxy) is 2. The molecule has 0 aromatic carbocycles. The number of halogens is 1. The molecule has 2 nitrogen and oxygen atoms in total. The lowest BCUT2D eigenvalue weighted by Crippen LogP contribution is -2.15. The van der Waals surface area contributed by atoms with E-state index in [4.69, 9.17) is 9.47 Å². The maximum absolute atomic E-state index is 13.1. The molecule has 0 amide bonds. The summed E-state index contributed by atoms with van der Waals surface area (Å²) in [5.41, 5.74) is 1.16. The Morgan fingerprint density at radius 1 is 1.77 bits per heavy atom. The third-order valence-electron chi connectivity index (χ3n) is 1.67. The fourth-order valence-corrected chi connectivity index (χ4v) is 1.37. The van der Waals surface area contributed by atoms with Crippen LogP contribution < -0.4 is 0 Å². The van der Waals surface area contributed by atoms with Gasteiger partial charge in [0, 0.05) is 0 Å². The van der Waals surface area contributed by atoms with Gasteiger partial charge in [-0.3, -0.25) is 4.74 Å². The van der Waals surface area contributed by atoms with Gasteiger partial charge in [-0.05, 0) is 29.5 Å². The Balaban J connectivity index is 2.54. The number of allylic oxidation sites excluding steroid dienone is 1. The summed E-state index contributed by atoms with van der Waals surface area (Å²) in [6.45, 7) is 7.53. The molecule has 74 valence electrons. The standard InChI is InChI=1S/C9H14FO2P/c1-6(2)4-5-8-7(3)11-9(10,13)12-8/h4,8H,3,5,13H2,1-2H3. The zero-order valence-corrected chi connectivity index (χ0v) is 9.00. The van der Waals surface area contributed by atoms with Gasteiger partial charge in [0.2, 0.25) is 0 Å². The van der Waals surface area contributed by atoms with Crippen LogP contribution >= 0.6 is 9.24 Å². The monoisotopic (exact) mass is 204 g/mol. The van der Waals surface area contributed by atoms with Crippen molar-refractivity contribution in [1.29, 1.82) is 0 Å². The molecule has 13 heavy (non-hydrogen) atoms. The molecular formula is C9H14FO2P. The quantitative estimate of drug-likeness (QED) is 0.508. The molecule has 0 aromatic heterocycles. The highest BCUT2D eigenvalue weighted by molar-refractivity contribution is 7.17. The topological polar surface area (TPSA) is 18.5 Å². The smallest absolute Gasteiger partial charge is 0.374 e. The van der Waals surface area contributed by atoms with Gasteiger partial charge in [-0.1, -0.05) is 18.2 Å². The van der Waals surface area contributed by atoms with E-state index >= 15 is 0 Å². The highest BCUT2D eigenvalue weighted by Crippen LogP contribution is 2.38. The van der Waals surface area contributed by atoms with Crippen molar-refractivity contribution in [1.82, 2.24) is 0 Å². The van der Waals surface area contributed by atoms with Crippen molar-refractivity contribution >= 4 is 9.24 Å². The molecule has 1 fully saturated rings. The Morgan fingerprint density at radius 3 is 2.77 bits per heavy atom. The van der Waals surface area contributed by atoms with Gasteiger partial charge >= 0.3 is 5.78 Å². The van der Waals surface area contributed by atoms with E-state index in [0.717, 1.165) is 5.57 Å². The molecule has 1 rings (SSSR count). The first kappa shape index (κ1) is 10.7. The number of alkyl halides is 1. The lowest BCUT2D eigenvalue weighted by molar-refractivity contribution is -0.179. The van der Waals surface area contributed by atoms with Crippen molar-refractivity contribution in [2.45, 2.75) is 32.2 Å². The molecule has 0 bridgehead atoms. The van der Waals surface area contributed by atoms with Crippen LogP contribution in [0.1, 0.15) is 20.3 Å². The Bertz CT molecular complexity index is 244. The van der Waals surface area contributed by atoms with Gasteiger partial charge in [0.1, 0.15) is 11.9 Å². The summed E-state index contributed by atoms with van der Waals surface area (Å²) in [6, 6.07) is 0. The highest BCUT2D eigenvalue weighted by atomic mass is 31.0. The van der Waals surface area contributed by atoms with E-state index in [0.29, 0.717) is 12.2 Å². The third-order valence-corrected chi connectivity index (χ3v) is 1.93. The molecule has 0 radical (unpaired) electrons. The minimum absolute atomic E-state index is 0.343. The van der Waals surface area contributed by atoms with Gasteiger partial charge in [-0.2, -0.15) is 4.39 Å². The molecule has 1 aliphatic rings. The molecule has 0 N–H and O–H groups in total. The third kappa shape index (κ3) is 3.09. The van der Waals surface area contributed by atoms with Gasteiger partial charge in [-0.15, -0.1) is 0 Å². The van der Waals surface area contributed by atoms with E-state index in [1.165, 1.54) is 0 Å². The van der Waals surface area contributed by atoms with Crippen LogP contribution in [-0.2, 0) is 9.47 Å².